The highest BCUT2D eigenvalue weighted by molar-refractivity contribution is 14.0. The van der Waals surface area contributed by atoms with Crippen LogP contribution in [0.1, 0.15) is 12.0 Å². The van der Waals surface area contributed by atoms with E-state index in [-0.39, 0.29) is 29.8 Å². The van der Waals surface area contributed by atoms with Crippen molar-refractivity contribution in [3.05, 3.63) is 35.6 Å². The second-order valence-corrected chi connectivity index (χ2v) is 6.52. The van der Waals surface area contributed by atoms with E-state index in [1.807, 2.05) is 18.0 Å². The molecule has 0 amide bonds. The lowest BCUT2D eigenvalue weighted by atomic mass is 10.0. The van der Waals surface area contributed by atoms with E-state index in [9.17, 15) is 9.50 Å². The summed E-state index contributed by atoms with van der Waals surface area (Å²) in [7, 11) is 3.60. The fourth-order valence-corrected chi connectivity index (χ4v) is 3.64. The molecule has 0 saturated carbocycles. The van der Waals surface area contributed by atoms with Crippen LogP contribution in [0, 0.1) is 5.82 Å². The minimum atomic E-state index is -0.652. The molecule has 2 rings (SSSR count). The Morgan fingerprint density at radius 1 is 1.55 bits per heavy atom. The van der Waals surface area contributed by atoms with Gasteiger partial charge in [0.25, 0.3) is 0 Å². The van der Waals surface area contributed by atoms with Crippen molar-refractivity contribution < 1.29 is 9.50 Å². The van der Waals surface area contributed by atoms with Crippen molar-refractivity contribution in [3.63, 3.8) is 0 Å². The van der Waals surface area contributed by atoms with Crippen LogP contribution in [0.5, 0.6) is 0 Å². The molecule has 1 atom stereocenters. The van der Waals surface area contributed by atoms with Gasteiger partial charge in [0.05, 0.1) is 5.60 Å². The SMILES string of the molecule is CN=C(NCC1(O)CCSC1)N(C)Cc1cccc(F)c1.I. The topological polar surface area (TPSA) is 47.9 Å². The molecule has 0 aliphatic carbocycles. The molecule has 0 bridgehead atoms. The number of hydrogen-bond donors (Lipinski definition) is 2. The molecule has 1 aliphatic heterocycles. The Bertz CT molecular complexity index is 509. The molecular formula is C15H23FIN3OS. The van der Waals surface area contributed by atoms with Gasteiger partial charge in [-0.2, -0.15) is 11.8 Å². The fraction of sp³-hybridized carbons (Fsp3) is 0.533. The summed E-state index contributed by atoms with van der Waals surface area (Å²) in [6.07, 6.45) is 0.801. The van der Waals surface area contributed by atoms with Gasteiger partial charge in [0, 0.05) is 32.9 Å². The van der Waals surface area contributed by atoms with Crippen LogP contribution in [0.2, 0.25) is 0 Å². The van der Waals surface area contributed by atoms with Crippen LogP contribution >= 0.6 is 35.7 Å². The van der Waals surface area contributed by atoms with E-state index >= 15 is 0 Å². The number of aliphatic hydroxyl groups is 1. The third kappa shape index (κ3) is 5.58. The minimum absolute atomic E-state index is 0. The lowest BCUT2D eigenvalue weighted by molar-refractivity contribution is 0.0718. The first-order valence-corrected chi connectivity index (χ1v) is 8.14. The molecule has 1 saturated heterocycles. The molecule has 0 radical (unpaired) electrons. The molecule has 1 unspecified atom stereocenters. The van der Waals surface area contributed by atoms with Gasteiger partial charge in [-0.3, -0.25) is 4.99 Å². The second-order valence-electron chi connectivity index (χ2n) is 5.41. The summed E-state index contributed by atoms with van der Waals surface area (Å²) in [4.78, 5) is 6.14. The fourth-order valence-electron chi connectivity index (χ4n) is 2.35. The van der Waals surface area contributed by atoms with Gasteiger partial charge in [-0.1, -0.05) is 12.1 Å². The van der Waals surface area contributed by atoms with Crippen LogP contribution in [0.4, 0.5) is 4.39 Å². The maximum atomic E-state index is 13.2. The first-order chi connectivity index (χ1) is 10.0. The van der Waals surface area contributed by atoms with Crippen LogP contribution in [-0.4, -0.2) is 53.7 Å². The molecule has 1 heterocycles. The van der Waals surface area contributed by atoms with Crippen LogP contribution in [0.15, 0.2) is 29.3 Å². The molecular weight excluding hydrogens is 416 g/mol. The third-order valence-corrected chi connectivity index (χ3v) is 4.77. The zero-order valence-electron chi connectivity index (χ0n) is 12.9. The zero-order chi connectivity index (χ0) is 15.3. The molecule has 1 aromatic rings. The third-order valence-electron chi connectivity index (χ3n) is 3.54. The van der Waals surface area contributed by atoms with Gasteiger partial charge < -0.3 is 15.3 Å². The second kappa shape index (κ2) is 8.93. The predicted molar refractivity (Wildman–Crippen MR) is 102 cm³/mol. The van der Waals surface area contributed by atoms with E-state index in [2.05, 4.69) is 10.3 Å². The molecule has 7 heteroatoms. The van der Waals surface area contributed by atoms with Gasteiger partial charge in [-0.05, 0) is 29.9 Å². The normalized spacial score (nSPS) is 21.4. The highest BCUT2D eigenvalue weighted by atomic mass is 127. The smallest absolute Gasteiger partial charge is 0.193 e. The first-order valence-electron chi connectivity index (χ1n) is 6.99. The maximum absolute atomic E-state index is 13.2. The van der Waals surface area contributed by atoms with E-state index in [4.69, 9.17) is 0 Å². The van der Waals surface area contributed by atoms with Crippen LogP contribution in [0.3, 0.4) is 0 Å². The lowest BCUT2D eigenvalue weighted by Gasteiger charge is -2.27. The molecule has 1 aromatic carbocycles. The lowest BCUT2D eigenvalue weighted by Crippen LogP contribution is -2.47. The number of nitrogens with zero attached hydrogens (tertiary/aromatic N) is 2. The Kier molecular flexibility index (Phi) is 7.92. The van der Waals surface area contributed by atoms with Crippen molar-refractivity contribution in [1.29, 1.82) is 0 Å². The van der Waals surface area contributed by atoms with Gasteiger partial charge in [0.15, 0.2) is 5.96 Å². The van der Waals surface area contributed by atoms with Gasteiger partial charge in [0.2, 0.25) is 0 Å². The Balaban J connectivity index is 0.00000242. The van der Waals surface area contributed by atoms with Gasteiger partial charge in [-0.15, -0.1) is 24.0 Å². The van der Waals surface area contributed by atoms with E-state index < -0.39 is 5.60 Å². The largest absolute Gasteiger partial charge is 0.387 e. The van der Waals surface area contributed by atoms with Gasteiger partial charge >= 0.3 is 0 Å². The average molecular weight is 439 g/mol. The van der Waals surface area contributed by atoms with E-state index in [1.54, 1.807) is 24.9 Å². The summed E-state index contributed by atoms with van der Waals surface area (Å²) in [6.45, 7) is 1.05. The first kappa shape index (κ1) is 19.5. The van der Waals surface area contributed by atoms with Gasteiger partial charge in [-0.25, -0.2) is 4.39 Å². The van der Waals surface area contributed by atoms with Crippen molar-refractivity contribution in [1.82, 2.24) is 10.2 Å². The molecule has 1 fully saturated rings. The van der Waals surface area contributed by atoms with Crippen molar-refractivity contribution in [3.8, 4) is 0 Å². The zero-order valence-corrected chi connectivity index (χ0v) is 16.0. The Labute approximate surface area is 152 Å². The number of thioether (sulfide) groups is 1. The van der Waals surface area contributed by atoms with Crippen molar-refractivity contribution in [2.24, 2.45) is 4.99 Å². The Morgan fingerprint density at radius 2 is 2.32 bits per heavy atom. The number of hydrogen-bond acceptors (Lipinski definition) is 3. The standard InChI is InChI=1S/C15H22FN3OS.HI/c1-17-14(18-10-15(20)6-7-21-11-15)19(2)9-12-4-3-5-13(16)8-12;/h3-5,8,20H,6-7,9-11H2,1-2H3,(H,17,18);1H. The maximum Gasteiger partial charge on any atom is 0.193 e. The monoisotopic (exact) mass is 439 g/mol. The number of nitrogens with one attached hydrogen (secondary N) is 1. The van der Waals surface area contributed by atoms with Crippen LogP contribution in [-0.2, 0) is 6.54 Å². The average Bonchev–Trinajstić information content (AvgIpc) is 2.86. The Hall–Kier alpha value is -0.540. The number of benzene rings is 1. The Morgan fingerprint density at radius 3 is 2.91 bits per heavy atom. The summed E-state index contributed by atoms with van der Waals surface area (Å²) in [5.41, 5.74) is 0.232. The molecule has 1 aliphatic rings. The summed E-state index contributed by atoms with van der Waals surface area (Å²) in [5, 5.41) is 13.5. The quantitative estimate of drug-likeness (QED) is 0.430. The number of rotatable bonds is 4. The molecule has 22 heavy (non-hydrogen) atoms. The van der Waals surface area contributed by atoms with E-state index in [1.165, 1.54) is 12.1 Å². The molecule has 0 spiro atoms. The van der Waals surface area contributed by atoms with E-state index in [0.29, 0.717) is 19.0 Å². The summed E-state index contributed by atoms with van der Waals surface area (Å²) in [6, 6.07) is 6.54. The summed E-state index contributed by atoms with van der Waals surface area (Å²) in [5.74, 6) is 2.21. The predicted octanol–water partition coefficient (Wildman–Crippen LogP) is 2.32. The molecule has 124 valence electrons. The summed E-state index contributed by atoms with van der Waals surface area (Å²) < 4.78 is 13.2. The van der Waals surface area contributed by atoms with Crippen molar-refractivity contribution in [2.75, 3.05) is 32.1 Å². The number of halogens is 2. The number of aliphatic imine (C=N–C) groups is 1. The molecule has 4 nitrogen and oxygen atoms in total. The highest BCUT2D eigenvalue weighted by Crippen LogP contribution is 2.26. The van der Waals surface area contributed by atoms with E-state index in [0.717, 1.165) is 23.5 Å². The van der Waals surface area contributed by atoms with Gasteiger partial charge in [0.1, 0.15) is 5.82 Å². The van der Waals surface area contributed by atoms with Crippen LogP contribution < -0.4 is 5.32 Å². The number of guanidine groups is 1. The molecule has 2 N–H and O–H groups in total. The summed E-state index contributed by atoms with van der Waals surface area (Å²) >= 11 is 1.77. The highest BCUT2D eigenvalue weighted by Gasteiger charge is 2.31. The van der Waals surface area contributed by atoms with Crippen molar-refractivity contribution in [2.45, 2.75) is 18.6 Å². The van der Waals surface area contributed by atoms with Crippen LogP contribution in [0.25, 0.3) is 0 Å². The minimum Gasteiger partial charge on any atom is -0.387 e. The van der Waals surface area contributed by atoms with Crippen molar-refractivity contribution >= 4 is 41.7 Å². The molecule has 0 aromatic heterocycles.